The van der Waals surface area contributed by atoms with Crippen molar-refractivity contribution in [1.29, 1.82) is 0 Å². The Bertz CT molecular complexity index is 1560. The number of benzene rings is 2. The number of ether oxygens (including phenoxy) is 3. The SMILES string of the molecule is COC(=O)c1sc(N2C(=O)c3oc4ccccc4c(=O)c3[C@@H]2c2ccc(OC)c(OC)c2)nc1C. The summed E-state index contributed by atoms with van der Waals surface area (Å²) < 4.78 is 21.6. The van der Waals surface area contributed by atoms with Crippen LogP contribution in [0.25, 0.3) is 11.0 Å². The van der Waals surface area contributed by atoms with Crippen LogP contribution in [-0.2, 0) is 4.74 Å². The van der Waals surface area contributed by atoms with Crippen LogP contribution in [0, 0.1) is 6.92 Å². The molecule has 10 heteroatoms. The maximum atomic E-state index is 13.7. The monoisotopic (exact) mass is 492 g/mol. The number of nitrogens with zero attached hydrogens (tertiary/aromatic N) is 2. The first-order chi connectivity index (χ1) is 16.9. The Kier molecular flexibility index (Phi) is 5.52. The van der Waals surface area contributed by atoms with Crippen LogP contribution < -0.4 is 19.8 Å². The van der Waals surface area contributed by atoms with Crippen LogP contribution in [0.4, 0.5) is 5.13 Å². The minimum atomic E-state index is -0.866. The average Bonchev–Trinajstić information content (AvgIpc) is 3.40. The Labute approximate surface area is 203 Å². The van der Waals surface area contributed by atoms with Crippen molar-refractivity contribution in [3.63, 3.8) is 0 Å². The highest BCUT2D eigenvalue weighted by Crippen LogP contribution is 2.44. The van der Waals surface area contributed by atoms with Crippen molar-refractivity contribution in [2.24, 2.45) is 0 Å². The van der Waals surface area contributed by atoms with E-state index in [1.165, 1.54) is 26.2 Å². The summed E-state index contributed by atoms with van der Waals surface area (Å²) in [7, 11) is 4.30. The largest absolute Gasteiger partial charge is 0.493 e. The summed E-state index contributed by atoms with van der Waals surface area (Å²) in [6.45, 7) is 1.66. The molecule has 35 heavy (non-hydrogen) atoms. The van der Waals surface area contributed by atoms with E-state index in [1.807, 2.05) is 0 Å². The number of anilines is 1. The fraction of sp³-hybridized carbons (Fsp3) is 0.200. The van der Waals surface area contributed by atoms with Crippen molar-refractivity contribution in [2.45, 2.75) is 13.0 Å². The Morgan fingerprint density at radius 1 is 1.06 bits per heavy atom. The molecule has 5 rings (SSSR count). The zero-order valence-corrected chi connectivity index (χ0v) is 20.1. The number of thiazole rings is 1. The summed E-state index contributed by atoms with van der Waals surface area (Å²) in [4.78, 5) is 45.7. The molecule has 2 aromatic carbocycles. The van der Waals surface area contributed by atoms with Gasteiger partial charge >= 0.3 is 5.97 Å². The van der Waals surface area contributed by atoms with Gasteiger partial charge in [0.2, 0.25) is 5.76 Å². The van der Waals surface area contributed by atoms with Gasteiger partial charge in [0.25, 0.3) is 5.91 Å². The topological polar surface area (TPSA) is 108 Å². The van der Waals surface area contributed by atoms with Crippen molar-refractivity contribution in [1.82, 2.24) is 4.98 Å². The predicted octanol–water partition coefficient (Wildman–Crippen LogP) is 4.11. The van der Waals surface area contributed by atoms with Crippen LogP contribution in [0.15, 0.2) is 51.7 Å². The summed E-state index contributed by atoms with van der Waals surface area (Å²) in [5, 5.41) is 0.597. The lowest BCUT2D eigenvalue weighted by Crippen LogP contribution is -2.29. The minimum Gasteiger partial charge on any atom is -0.493 e. The quantitative estimate of drug-likeness (QED) is 0.383. The molecule has 0 unspecified atom stereocenters. The molecule has 0 N–H and O–H groups in total. The third-order valence-corrected chi connectivity index (χ3v) is 7.00. The number of carbonyl (C=O) groups excluding carboxylic acids is 2. The maximum Gasteiger partial charge on any atom is 0.350 e. The summed E-state index contributed by atoms with van der Waals surface area (Å²) in [6.07, 6.45) is 0. The molecular weight excluding hydrogens is 472 g/mol. The second kappa shape index (κ2) is 8.55. The van der Waals surface area contributed by atoms with E-state index in [0.29, 0.717) is 33.7 Å². The van der Waals surface area contributed by atoms with E-state index in [4.69, 9.17) is 18.6 Å². The molecule has 0 radical (unpaired) electrons. The standard InChI is InChI=1S/C25H20N2O7S/c1-12-22(24(30)33-4)35-25(26-12)27-19(13-9-10-16(31-2)17(11-13)32-3)18-20(28)14-7-5-6-8-15(14)34-21(18)23(27)29/h5-11,19H,1-4H3/t19-/m0/s1. The van der Waals surface area contributed by atoms with Gasteiger partial charge in [-0.1, -0.05) is 29.5 Å². The van der Waals surface area contributed by atoms with Gasteiger partial charge in [0.1, 0.15) is 10.5 Å². The number of methoxy groups -OCH3 is 3. The normalized spacial score (nSPS) is 14.8. The smallest absolute Gasteiger partial charge is 0.350 e. The van der Waals surface area contributed by atoms with Gasteiger partial charge in [-0.15, -0.1) is 0 Å². The highest BCUT2D eigenvalue weighted by atomic mass is 32.1. The number of hydrogen-bond acceptors (Lipinski definition) is 9. The van der Waals surface area contributed by atoms with E-state index in [2.05, 4.69) is 4.98 Å². The van der Waals surface area contributed by atoms with Crippen molar-refractivity contribution >= 4 is 39.3 Å². The lowest BCUT2D eigenvalue weighted by molar-refractivity contribution is 0.0605. The second-order valence-electron chi connectivity index (χ2n) is 7.76. The molecule has 4 aromatic rings. The minimum absolute atomic E-state index is 0.0686. The van der Waals surface area contributed by atoms with Crippen molar-refractivity contribution in [3.8, 4) is 11.5 Å². The Morgan fingerprint density at radius 3 is 2.51 bits per heavy atom. The van der Waals surface area contributed by atoms with Gasteiger partial charge in [-0.2, -0.15) is 0 Å². The van der Waals surface area contributed by atoms with Gasteiger partial charge < -0.3 is 18.6 Å². The zero-order valence-electron chi connectivity index (χ0n) is 19.3. The third kappa shape index (κ3) is 3.45. The molecular formula is C25H20N2O7S. The van der Waals surface area contributed by atoms with Gasteiger partial charge in [0.15, 0.2) is 22.1 Å². The molecule has 1 aliphatic rings. The second-order valence-corrected chi connectivity index (χ2v) is 8.74. The fourth-order valence-corrected chi connectivity index (χ4v) is 5.23. The Morgan fingerprint density at radius 2 is 1.80 bits per heavy atom. The van der Waals surface area contributed by atoms with E-state index in [9.17, 15) is 14.4 Å². The summed E-state index contributed by atoms with van der Waals surface area (Å²) >= 11 is 1.01. The van der Waals surface area contributed by atoms with Crippen LogP contribution in [0.5, 0.6) is 11.5 Å². The maximum absolute atomic E-state index is 13.7. The van der Waals surface area contributed by atoms with Gasteiger partial charge in [0, 0.05) is 0 Å². The number of hydrogen-bond donors (Lipinski definition) is 0. The Hall–Kier alpha value is -4.18. The predicted molar refractivity (Wildman–Crippen MR) is 129 cm³/mol. The summed E-state index contributed by atoms with van der Waals surface area (Å²) in [5.41, 5.74) is 1.18. The van der Waals surface area contributed by atoms with Crippen LogP contribution in [0.3, 0.4) is 0 Å². The molecule has 178 valence electrons. The molecule has 0 saturated heterocycles. The number of para-hydroxylation sites is 1. The van der Waals surface area contributed by atoms with E-state index in [-0.39, 0.29) is 26.8 Å². The molecule has 0 fully saturated rings. The number of rotatable bonds is 5. The first-order valence-electron chi connectivity index (χ1n) is 10.6. The van der Waals surface area contributed by atoms with Gasteiger partial charge in [-0.3, -0.25) is 14.5 Å². The molecule has 2 aromatic heterocycles. The van der Waals surface area contributed by atoms with E-state index in [0.717, 1.165) is 11.3 Å². The van der Waals surface area contributed by atoms with Crippen LogP contribution in [0.1, 0.15) is 43.1 Å². The lowest BCUT2D eigenvalue weighted by Gasteiger charge is -2.23. The zero-order chi connectivity index (χ0) is 24.9. The molecule has 1 aliphatic heterocycles. The first-order valence-corrected chi connectivity index (χ1v) is 11.4. The number of fused-ring (bicyclic) bond motifs is 2. The van der Waals surface area contributed by atoms with Crippen LogP contribution >= 0.6 is 11.3 Å². The van der Waals surface area contributed by atoms with Gasteiger partial charge in [-0.25, -0.2) is 9.78 Å². The average molecular weight is 493 g/mol. The van der Waals surface area contributed by atoms with Crippen LogP contribution in [0.2, 0.25) is 0 Å². The van der Waals surface area contributed by atoms with E-state index >= 15 is 0 Å². The molecule has 0 aliphatic carbocycles. The fourth-order valence-electron chi connectivity index (χ4n) is 4.22. The van der Waals surface area contributed by atoms with Crippen molar-refractivity contribution in [2.75, 3.05) is 26.2 Å². The molecule has 0 spiro atoms. The molecule has 0 bridgehead atoms. The molecule has 1 atom stereocenters. The number of carbonyl (C=O) groups is 2. The highest BCUT2D eigenvalue weighted by molar-refractivity contribution is 7.17. The number of amides is 1. The van der Waals surface area contributed by atoms with Gasteiger partial charge in [-0.05, 0) is 36.8 Å². The van der Waals surface area contributed by atoms with Crippen molar-refractivity contribution in [3.05, 3.63) is 80.1 Å². The Balaban J connectivity index is 1.78. The van der Waals surface area contributed by atoms with E-state index < -0.39 is 17.9 Å². The van der Waals surface area contributed by atoms with Crippen LogP contribution in [-0.4, -0.2) is 38.2 Å². The highest BCUT2D eigenvalue weighted by Gasteiger charge is 2.45. The first kappa shape index (κ1) is 22.6. The van der Waals surface area contributed by atoms with Gasteiger partial charge in [0.05, 0.1) is 44.0 Å². The summed E-state index contributed by atoms with van der Waals surface area (Å²) in [5.74, 6) is -0.232. The lowest BCUT2D eigenvalue weighted by atomic mass is 9.98. The number of aromatic nitrogens is 1. The van der Waals surface area contributed by atoms with E-state index in [1.54, 1.807) is 49.4 Å². The molecule has 3 heterocycles. The molecule has 0 saturated carbocycles. The molecule has 1 amide bonds. The summed E-state index contributed by atoms with van der Waals surface area (Å²) in [6, 6.07) is 11.0. The number of esters is 1. The van der Waals surface area contributed by atoms with Crippen molar-refractivity contribution < 1.29 is 28.2 Å². The molecule has 9 nitrogen and oxygen atoms in total. The third-order valence-electron chi connectivity index (χ3n) is 5.86. The number of aryl methyl sites for hydroxylation is 1.